The van der Waals surface area contributed by atoms with Gasteiger partial charge in [-0.05, 0) is 18.6 Å². The van der Waals surface area contributed by atoms with Crippen molar-refractivity contribution in [3.63, 3.8) is 0 Å². The summed E-state index contributed by atoms with van der Waals surface area (Å²) in [5, 5.41) is 10.1. The van der Waals surface area contributed by atoms with E-state index in [2.05, 4.69) is 16.5 Å². The molecule has 16 heavy (non-hydrogen) atoms. The molecule has 2 rings (SSSR count). The third-order valence-electron chi connectivity index (χ3n) is 2.38. The highest BCUT2D eigenvalue weighted by Crippen LogP contribution is 2.24. The fourth-order valence-corrected chi connectivity index (χ4v) is 2.57. The van der Waals surface area contributed by atoms with Gasteiger partial charge in [0, 0.05) is 12.3 Å². The number of nitrogens with zero attached hydrogens (tertiary/aromatic N) is 2. The summed E-state index contributed by atoms with van der Waals surface area (Å²) < 4.78 is 2.09. The van der Waals surface area contributed by atoms with Crippen molar-refractivity contribution in [2.45, 2.75) is 25.0 Å². The van der Waals surface area contributed by atoms with Gasteiger partial charge < -0.3 is 9.67 Å². The van der Waals surface area contributed by atoms with Gasteiger partial charge in [-0.1, -0.05) is 30.8 Å². The van der Waals surface area contributed by atoms with Crippen molar-refractivity contribution in [2.75, 3.05) is 12.4 Å². The van der Waals surface area contributed by atoms with Crippen molar-refractivity contribution in [1.82, 2.24) is 9.55 Å². The minimum Gasteiger partial charge on any atom is -0.395 e. The van der Waals surface area contributed by atoms with Gasteiger partial charge in [0.15, 0.2) is 5.16 Å². The molecular weight excluding hydrogens is 220 g/mol. The summed E-state index contributed by atoms with van der Waals surface area (Å²) in [6.45, 7) is 2.93. The second-order valence-electron chi connectivity index (χ2n) is 3.61. The molecule has 86 valence electrons. The Morgan fingerprint density at radius 3 is 2.94 bits per heavy atom. The Bertz CT molecular complexity index is 467. The lowest BCUT2D eigenvalue weighted by Crippen LogP contribution is -2.03. The largest absolute Gasteiger partial charge is 0.395 e. The van der Waals surface area contributed by atoms with Gasteiger partial charge in [0.1, 0.15) is 0 Å². The smallest absolute Gasteiger partial charge is 0.169 e. The fourth-order valence-electron chi connectivity index (χ4n) is 1.67. The minimum absolute atomic E-state index is 0.153. The van der Waals surface area contributed by atoms with Crippen LogP contribution in [0.4, 0.5) is 0 Å². The van der Waals surface area contributed by atoms with Crippen molar-refractivity contribution >= 4 is 22.8 Å². The summed E-state index contributed by atoms with van der Waals surface area (Å²) in [5.41, 5.74) is 2.12. The number of aliphatic hydroxyl groups excluding tert-OH is 1. The standard InChI is InChI=1S/C12H16N2OS/c1-2-9-16-12-13-10-5-3-4-6-11(10)14(12)7-8-15/h3-6,15H,2,7-9H2,1H3. The van der Waals surface area contributed by atoms with E-state index in [1.165, 1.54) is 0 Å². The number of hydrogen-bond donors (Lipinski definition) is 1. The molecule has 1 N–H and O–H groups in total. The van der Waals surface area contributed by atoms with Crippen LogP contribution in [0.15, 0.2) is 29.4 Å². The lowest BCUT2D eigenvalue weighted by atomic mass is 10.3. The van der Waals surface area contributed by atoms with Crippen molar-refractivity contribution in [2.24, 2.45) is 0 Å². The number of para-hydroxylation sites is 2. The van der Waals surface area contributed by atoms with Gasteiger partial charge in [0.05, 0.1) is 17.6 Å². The zero-order chi connectivity index (χ0) is 11.4. The molecule has 1 aromatic heterocycles. The van der Waals surface area contributed by atoms with Gasteiger partial charge in [-0.3, -0.25) is 0 Å². The molecule has 2 aromatic rings. The number of thioether (sulfide) groups is 1. The molecule has 1 aromatic carbocycles. The third-order valence-corrected chi connectivity index (χ3v) is 3.56. The van der Waals surface area contributed by atoms with Crippen LogP contribution in [-0.4, -0.2) is 27.0 Å². The van der Waals surface area contributed by atoms with Crippen molar-refractivity contribution in [1.29, 1.82) is 0 Å². The molecule has 0 aliphatic rings. The normalized spacial score (nSPS) is 11.1. The van der Waals surface area contributed by atoms with Crippen molar-refractivity contribution in [3.05, 3.63) is 24.3 Å². The Balaban J connectivity index is 2.41. The number of imidazole rings is 1. The molecule has 0 atom stereocenters. The maximum Gasteiger partial charge on any atom is 0.169 e. The molecule has 0 aliphatic heterocycles. The average molecular weight is 236 g/mol. The van der Waals surface area contributed by atoms with Gasteiger partial charge >= 0.3 is 0 Å². The predicted molar refractivity (Wildman–Crippen MR) is 67.8 cm³/mol. The van der Waals surface area contributed by atoms with Crippen LogP contribution in [0.2, 0.25) is 0 Å². The first kappa shape index (κ1) is 11.5. The highest BCUT2D eigenvalue weighted by atomic mass is 32.2. The van der Waals surface area contributed by atoms with Crippen LogP contribution in [0, 0.1) is 0 Å². The lowest BCUT2D eigenvalue weighted by Gasteiger charge is -2.05. The predicted octanol–water partition coefficient (Wildman–Crippen LogP) is 2.53. The van der Waals surface area contributed by atoms with Crippen LogP contribution in [-0.2, 0) is 6.54 Å². The maximum absolute atomic E-state index is 9.09. The molecule has 0 saturated carbocycles. The van der Waals surface area contributed by atoms with E-state index in [0.29, 0.717) is 6.54 Å². The molecule has 1 heterocycles. The molecule has 0 aliphatic carbocycles. The number of rotatable bonds is 5. The van der Waals surface area contributed by atoms with E-state index in [1.807, 2.05) is 24.3 Å². The monoisotopic (exact) mass is 236 g/mol. The van der Waals surface area contributed by atoms with Gasteiger partial charge in [-0.2, -0.15) is 0 Å². The molecule has 0 unspecified atom stereocenters. The number of hydrogen-bond acceptors (Lipinski definition) is 3. The Morgan fingerprint density at radius 1 is 1.38 bits per heavy atom. The Hall–Kier alpha value is -1.00. The average Bonchev–Trinajstić information content (AvgIpc) is 2.66. The minimum atomic E-state index is 0.153. The van der Waals surface area contributed by atoms with E-state index < -0.39 is 0 Å². The van der Waals surface area contributed by atoms with E-state index in [9.17, 15) is 0 Å². The number of fused-ring (bicyclic) bond motifs is 1. The molecule has 0 bridgehead atoms. The molecular formula is C12H16N2OS. The number of aliphatic hydroxyl groups is 1. The van der Waals surface area contributed by atoms with Gasteiger partial charge in [0.2, 0.25) is 0 Å². The van der Waals surface area contributed by atoms with Crippen LogP contribution >= 0.6 is 11.8 Å². The van der Waals surface area contributed by atoms with E-state index in [-0.39, 0.29) is 6.61 Å². The maximum atomic E-state index is 9.09. The van der Waals surface area contributed by atoms with Crippen molar-refractivity contribution in [3.8, 4) is 0 Å². The van der Waals surface area contributed by atoms with E-state index in [4.69, 9.17) is 5.11 Å². The molecule has 3 nitrogen and oxygen atoms in total. The van der Waals surface area contributed by atoms with Crippen molar-refractivity contribution < 1.29 is 5.11 Å². The summed E-state index contributed by atoms with van der Waals surface area (Å²) >= 11 is 1.75. The van der Waals surface area contributed by atoms with Crippen LogP contribution < -0.4 is 0 Å². The van der Waals surface area contributed by atoms with Crippen LogP contribution in [0.1, 0.15) is 13.3 Å². The zero-order valence-corrected chi connectivity index (χ0v) is 10.2. The number of aromatic nitrogens is 2. The highest BCUT2D eigenvalue weighted by molar-refractivity contribution is 7.99. The summed E-state index contributed by atoms with van der Waals surface area (Å²) in [5.74, 6) is 1.06. The molecule has 0 spiro atoms. The first-order chi connectivity index (χ1) is 7.86. The first-order valence-corrected chi connectivity index (χ1v) is 6.54. The summed E-state index contributed by atoms with van der Waals surface area (Å²) in [6.07, 6.45) is 1.13. The lowest BCUT2D eigenvalue weighted by molar-refractivity contribution is 0.273. The summed E-state index contributed by atoms with van der Waals surface area (Å²) in [6, 6.07) is 8.06. The topological polar surface area (TPSA) is 38.0 Å². The quantitative estimate of drug-likeness (QED) is 0.811. The SMILES string of the molecule is CCCSc1nc2ccccc2n1CCO. The van der Waals surface area contributed by atoms with Gasteiger partial charge in [-0.15, -0.1) is 0 Å². The molecule has 0 saturated heterocycles. The van der Waals surface area contributed by atoms with E-state index in [0.717, 1.165) is 28.4 Å². The van der Waals surface area contributed by atoms with Crippen LogP contribution in [0.5, 0.6) is 0 Å². The third kappa shape index (κ3) is 2.23. The van der Waals surface area contributed by atoms with Crippen LogP contribution in [0.25, 0.3) is 11.0 Å². The Morgan fingerprint density at radius 2 is 2.19 bits per heavy atom. The van der Waals surface area contributed by atoms with Gasteiger partial charge in [-0.25, -0.2) is 4.98 Å². The molecule has 0 radical (unpaired) electrons. The van der Waals surface area contributed by atoms with E-state index >= 15 is 0 Å². The van der Waals surface area contributed by atoms with Gasteiger partial charge in [0.25, 0.3) is 0 Å². The highest BCUT2D eigenvalue weighted by Gasteiger charge is 2.09. The Kier molecular flexibility index (Phi) is 3.85. The molecule has 4 heteroatoms. The number of benzene rings is 1. The summed E-state index contributed by atoms with van der Waals surface area (Å²) in [7, 11) is 0. The molecule has 0 amide bonds. The summed E-state index contributed by atoms with van der Waals surface area (Å²) in [4.78, 5) is 4.58. The van der Waals surface area contributed by atoms with Crippen LogP contribution in [0.3, 0.4) is 0 Å². The molecule has 0 fully saturated rings. The zero-order valence-electron chi connectivity index (χ0n) is 9.39. The fraction of sp³-hybridized carbons (Fsp3) is 0.417. The Labute approximate surface area is 99.5 Å². The van der Waals surface area contributed by atoms with E-state index in [1.54, 1.807) is 11.8 Å². The second kappa shape index (κ2) is 5.37. The second-order valence-corrected chi connectivity index (χ2v) is 4.67. The first-order valence-electron chi connectivity index (χ1n) is 5.55.